The quantitative estimate of drug-likeness (QED) is 0.730. The first-order valence-corrected chi connectivity index (χ1v) is 4.52. The topological polar surface area (TPSA) is 46.5 Å². The molecule has 1 unspecified atom stereocenters. The van der Waals surface area contributed by atoms with E-state index in [0.29, 0.717) is 0 Å². The summed E-state index contributed by atoms with van der Waals surface area (Å²) in [7, 11) is 0. The van der Waals surface area contributed by atoms with Crippen LogP contribution >= 0.6 is 0 Å². The summed E-state index contributed by atoms with van der Waals surface area (Å²) >= 11 is -2.17. The first-order valence-electron chi connectivity index (χ1n) is 3.49. The number of rotatable bonds is 3. The van der Waals surface area contributed by atoms with Gasteiger partial charge < -0.3 is 0 Å². The molecule has 1 N–H and O–H groups in total. The van der Waals surface area contributed by atoms with E-state index in [1.54, 1.807) is 0 Å². The van der Waals surface area contributed by atoms with Crippen LogP contribution in [-0.4, -0.2) is 8.76 Å². The van der Waals surface area contributed by atoms with Gasteiger partial charge in [-0.25, -0.2) is 0 Å². The van der Waals surface area contributed by atoms with E-state index in [1.165, 1.54) is 0 Å². The Labute approximate surface area is 73.9 Å². The molecular formula is C8H10O3S. The van der Waals surface area contributed by atoms with Crippen LogP contribution in [0, 0.1) is 6.92 Å². The number of benzene rings is 1. The molecule has 1 rings (SSSR count). The van der Waals surface area contributed by atoms with Gasteiger partial charge in [-0.1, -0.05) is 24.3 Å². The molecule has 0 heterocycles. The molecule has 0 aliphatic heterocycles. The molecule has 12 heavy (non-hydrogen) atoms. The fraction of sp³-hybridized carbons (Fsp3) is 0.250. The van der Waals surface area contributed by atoms with Gasteiger partial charge in [-0.3, -0.25) is 8.74 Å². The smallest absolute Gasteiger partial charge is 0.284 e. The van der Waals surface area contributed by atoms with Crippen molar-refractivity contribution in [3.05, 3.63) is 35.4 Å². The predicted molar refractivity (Wildman–Crippen MR) is 46.7 cm³/mol. The van der Waals surface area contributed by atoms with Crippen molar-refractivity contribution in [1.82, 2.24) is 0 Å². The Morgan fingerprint density at radius 2 is 2.17 bits per heavy atom. The SMILES string of the molecule is Cc1ccccc1COS(=O)O. The molecule has 1 atom stereocenters. The third kappa shape index (κ3) is 2.73. The normalized spacial score (nSPS) is 12.8. The minimum Gasteiger partial charge on any atom is -0.284 e. The van der Waals surface area contributed by atoms with E-state index in [-0.39, 0.29) is 6.61 Å². The Morgan fingerprint density at radius 3 is 2.75 bits per heavy atom. The van der Waals surface area contributed by atoms with Crippen LogP contribution in [0.1, 0.15) is 11.1 Å². The van der Waals surface area contributed by atoms with Crippen LogP contribution in [0.5, 0.6) is 0 Å². The highest BCUT2D eigenvalue weighted by Gasteiger charge is 1.98. The molecule has 1 aromatic rings. The zero-order chi connectivity index (χ0) is 8.97. The lowest BCUT2D eigenvalue weighted by molar-refractivity contribution is 0.296. The van der Waals surface area contributed by atoms with Crippen molar-refractivity contribution in [2.45, 2.75) is 13.5 Å². The fourth-order valence-corrected chi connectivity index (χ4v) is 1.11. The summed E-state index contributed by atoms with van der Waals surface area (Å²) in [5, 5.41) is 0. The highest BCUT2D eigenvalue weighted by atomic mass is 32.2. The van der Waals surface area contributed by atoms with Crippen molar-refractivity contribution >= 4 is 11.4 Å². The molecule has 0 bridgehead atoms. The molecule has 3 nitrogen and oxygen atoms in total. The van der Waals surface area contributed by atoms with Gasteiger partial charge in [0.05, 0.1) is 6.61 Å². The summed E-state index contributed by atoms with van der Waals surface area (Å²) in [5.74, 6) is 0. The molecule has 66 valence electrons. The van der Waals surface area contributed by atoms with E-state index in [0.717, 1.165) is 11.1 Å². The Kier molecular flexibility index (Phi) is 3.40. The van der Waals surface area contributed by atoms with Gasteiger partial charge in [-0.2, -0.15) is 4.21 Å². The molecule has 4 heteroatoms. The summed E-state index contributed by atoms with van der Waals surface area (Å²) in [5.41, 5.74) is 1.99. The van der Waals surface area contributed by atoms with Crippen LogP contribution in [-0.2, 0) is 22.2 Å². The summed E-state index contributed by atoms with van der Waals surface area (Å²) in [4.78, 5) is 0. The lowest BCUT2D eigenvalue weighted by Gasteiger charge is -2.02. The molecular weight excluding hydrogens is 176 g/mol. The van der Waals surface area contributed by atoms with E-state index >= 15 is 0 Å². The molecule has 1 aromatic carbocycles. The predicted octanol–water partition coefficient (Wildman–Crippen LogP) is 1.65. The van der Waals surface area contributed by atoms with Crippen molar-refractivity contribution < 1.29 is 12.9 Å². The van der Waals surface area contributed by atoms with Gasteiger partial charge in [0.25, 0.3) is 0 Å². The van der Waals surface area contributed by atoms with Gasteiger partial charge in [-0.15, -0.1) is 0 Å². The van der Waals surface area contributed by atoms with E-state index in [4.69, 9.17) is 4.55 Å². The van der Waals surface area contributed by atoms with Crippen LogP contribution in [0.15, 0.2) is 24.3 Å². The van der Waals surface area contributed by atoms with Crippen molar-refractivity contribution in [3.63, 3.8) is 0 Å². The van der Waals surface area contributed by atoms with Gasteiger partial charge in [0.1, 0.15) is 0 Å². The lowest BCUT2D eigenvalue weighted by atomic mass is 10.1. The third-order valence-electron chi connectivity index (χ3n) is 1.58. The van der Waals surface area contributed by atoms with Crippen molar-refractivity contribution in [3.8, 4) is 0 Å². The maximum absolute atomic E-state index is 10.2. The Bertz CT molecular complexity index is 285. The summed E-state index contributed by atoms with van der Waals surface area (Å²) in [6.45, 7) is 2.11. The number of hydrogen-bond acceptors (Lipinski definition) is 2. The molecule has 0 radical (unpaired) electrons. The molecule has 0 saturated heterocycles. The average molecular weight is 186 g/mol. The van der Waals surface area contributed by atoms with Crippen molar-refractivity contribution in [2.75, 3.05) is 0 Å². The molecule has 0 spiro atoms. The first-order chi connectivity index (χ1) is 5.70. The Morgan fingerprint density at radius 1 is 1.50 bits per heavy atom. The highest BCUT2D eigenvalue weighted by molar-refractivity contribution is 7.74. The molecule has 0 aliphatic rings. The maximum atomic E-state index is 10.2. The van der Waals surface area contributed by atoms with E-state index in [2.05, 4.69) is 4.18 Å². The highest BCUT2D eigenvalue weighted by Crippen LogP contribution is 2.08. The Balaban J connectivity index is 2.63. The molecule has 0 aromatic heterocycles. The van der Waals surface area contributed by atoms with Crippen LogP contribution in [0.25, 0.3) is 0 Å². The second-order valence-electron chi connectivity index (χ2n) is 2.41. The van der Waals surface area contributed by atoms with Gasteiger partial charge in [0.2, 0.25) is 0 Å². The summed E-state index contributed by atoms with van der Waals surface area (Å²) in [6, 6.07) is 7.57. The molecule has 0 saturated carbocycles. The van der Waals surface area contributed by atoms with Crippen LogP contribution in [0.2, 0.25) is 0 Å². The zero-order valence-corrected chi connectivity index (χ0v) is 7.50. The lowest BCUT2D eigenvalue weighted by Crippen LogP contribution is -1.97. The Hall–Kier alpha value is -0.710. The van der Waals surface area contributed by atoms with Gasteiger partial charge in [0.15, 0.2) is 0 Å². The van der Waals surface area contributed by atoms with E-state index in [1.807, 2.05) is 31.2 Å². The van der Waals surface area contributed by atoms with Crippen LogP contribution in [0.3, 0.4) is 0 Å². The standard InChI is InChI=1S/C8H10O3S/c1-7-4-2-3-5-8(7)6-11-12(9)10/h2-5H,6H2,1H3,(H,9,10). The van der Waals surface area contributed by atoms with Crippen LogP contribution in [0.4, 0.5) is 0 Å². The van der Waals surface area contributed by atoms with Gasteiger partial charge in [-0.05, 0) is 18.1 Å². The molecule has 0 fully saturated rings. The maximum Gasteiger partial charge on any atom is 0.302 e. The number of hydrogen-bond donors (Lipinski definition) is 1. The first kappa shape index (κ1) is 9.38. The minimum atomic E-state index is -2.17. The fourth-order valence-electron chi connectivity index (χ4n) is 0.886. The van der Waals surface area contributed by atoms with Crippen LogP contribution < -0.4 is 0 Å². The zero-order valence-electron chi connectivity index (χ0n) is 6.69. The second kappa shape index (κ2) is 4.35. The van der Waals surface area contributed by atoms with E-state index < -0.39 is 11.4 Å². The molecule has 0 aliphatic carbocycles. The summed E-state index contributed by atoms with van der Waals surface area (Å²) < 4.78 is 23.1. The van der Waals surface area contributed by atoms with Gasteiger partial charge in [0, 0.05) is 0 Å². The summed E-state index contributed by atoms with van der Waals surface area (Å²) in [6.07, 6.45) is 0. The number of aryl methyl sites for hydroxylation is 1. The monoisotopic (exact) mass is 186 g/mol. The largest absolute Gasteiger partial charge is 0.302 e. The van der Waals surface area contributed by atoms with Gasteiger partial charge >= 0.3 is 11.4 Å². The van der Waals surface area contributed by atoms with Crippen molar-refractivity contribution in [1.29, 1.82) is 0 Å². The van der Waals surface area contributed by atoms with Crippen molar-refractivity contribution in [2.24, 2.45) is 0 Å². The minimum absolute atomic E-state index is 0.176. The van der Waals surface area contributed by atoms with E-state index in [9.17, 15) is 4.21 Å². The third-order valence-corrected chi connectivity index (χ3v) is 1.90. The average Bonchev–Trinajstić information content (AvgIpc) is 2.03. The molecule has 0 amide bonds. The second-order valence-corrected chi connectivity index (χ2v) is 3.08.